The number of esters is 1. The molecule has 0 saturated carbocycles. The van der Waals surface area contributed by atoms with Gasteiger partial charge in [-0.05, 0) is 40.0 Å². The highest BCUT2D eigenvalue weighted by atomic mass is 35.5. The topological polar surface area (TPSA) is 86.5 Å². The molecule has 0 aliphatic carbocycles. The van der Waals surface area contributed by atoms with E-state index < -0.39 is 11.6 Å². The van der Waals surface area contributed by atoms with Crippen molar-refractivity contribution in [3.05, 3.63) is 11.4 Å². The Kier molecular flexibility index (Phi) is 6.86. The maximum absolute atomic E-state index is 12.2. The van der Waals surface area contributed by atoms with Crippen molar-refractivity contribution in [3.63, 3.8) is 0 Å². The van der Waals surface area contributed by atoms with Crippen LogP contribution in [0.5, 0.6) is 0 Å². The highest BCUT2D eigenvalue weighted by Crippen LogP contribution is 2.26. The summed E-state index contributed by atoms with van der Waals surface area (Å²) >= 11 is 5.48. The van der Waals surface area contributed by atoms with E-state index in [-0.39, 0.29) is 23.9 Å². The van der Waals surface area contributed by atoms with Gasteiger partial charge in [0.1, 0.15) is 5.60 Å². The third-order valence-electron chi connectivity index (χ3n) is 4.12. The van der Waals surface area contributed by atoms with E-state index >= 15 is 0 Å². The van der Waals surface area contributed by atoms with E-state index in [2.05, 4.69) is 10.3 Å². The fourth-order valence-corrected chi connectivity index (χ4v) is 3.07. The van der Waals surface area contributed by atoms with E-state index in [0.29, 0.717) is 19.5 Å². The minimum absolute atomic E-state index is 0.0836. The van der Waals surface area contributed by atoms with Crippen LogP contribution in [0.3, 0.4) is 0 Å². The van der Waals surface area contributed by atoms with Gasteiger partial charge in [-0.3, -0.25) is 0 Å². The molecular weight excluding hydrogens is 360 g/mol. The number of carbonyl (C=O) groups excluding carboxylic acids is 2. The summed E-state index contributed by atoms with van der Waals surface area (Å²) in [4.78, 5) is 25.9. The van der Waals surface area contributed by atoms with Gasteiger partial charge in [-0.1, -0.05) is 30.2 Å². The van der Waals surface area contributed by atoms with Gasteiger partial charge in [-0.25, -0.2) is 14.3 Å². The Morgan fingerprint density at radius 1 is 1.27 bits per heavy atom. The molecule has 0 bridgehead atoms. The summed E-state index contributed by atoms with van der Waals surface area (Å²) in [6.07, 6.45) is 2.68. The molecule has 1 aromatic heterocycles. The number of likely N-dealkylation sites (tertiary alicyclic amines) is 1. The predicted octanol–water partition coefficient (Wildman–Crippen LogP) is 3.16. The molecule has 1 aliphatic heterocycles. The molecule has 0 spiro atoms. The Bertz CT molecular complexity index is 633. The Hall–Kier alpha value is -1.83. The lowest BCUT2D eigenvalue weighted by atomic mass is 10.0. The first-order valence-corrected chi connectivity index (χ1v) is 9.45. The maximum Gasteiger partial charge on any atom is 0.410 e. The van der Waals surface area contributed by atoms with Gasteiger partial charge in [0.05, 0.1) is 11.7 Å². The third-order valence-corrected chi connectivity index (χ3v) is 4.23. The summed E-state index contributed by atoms with van der Waals surface area (Å²) in [5.41, 5.74) is 0.478. The standard InChI is InChI=1S/C17H27ClN4O4/c1-5-6-13-14(15(23)25-11-18)19-20-22(13)12-7-9-21(10-8-12)16(24)26-17(2,3)4/h12H,5-11H2,1-4H3. The van der Waals surface area contributed by atoms with Crippen LogP contribution in [0.25, 0.3) is 0 Å². The summed E-state index contributed by atoms with van der Waals surface area (Å²) in [6, 6.07) is -0.133. The van der Waals surface area contributed by atoms with Gasteiger partial charge in [-0.15, -0.1) is 5.10 Å². The molecular formula is C17H27ClN4O4. The molecule has 1 aliphatic rings. The van der Waals surface area contributed by atoms with Crippen LogP contribution < -0.4 is 0 Å². The molecule has 26 heavy (non-hydrogen) atoms. The number of nitrogens with zero attached hydrogens (tertiary/aromatic N) is 4. The first-order valence-electron chi connectivity index (χ1n) is 8.92. The van der Waals surface area contributed by atoms with Crippen molar-refractivity contribution in [1.82, 2.24) is 19.9 Å². The highest BCUT2D eigenvalue weighted by Gasteiger charge is 2.30. The quantitative estimate of drug-likeness (QED) is 0.570. The lowest BCUT2D eigenvalue weighted by Gasteiger charge is -2.33. The smallest absolute Gasteiger partial charge is 0.410 e. The molecule has 0 N–H and O–H groups in total. The normalized spacial score (nSPS) is 15.8. The minimum atomic E-state index is -0.555. The molecule has 0 unspecified atom stereocenters. The molecule has 1 amide bonds. The van der Waals surface area contributed by atoms with E-state index in [9.17, 15) is 9.59 Å². The van der Waals surface area contributed by atoms with Crippen molar-refractivity contribution in [2.24, 2.45) is 0 Å². The minimum Gasteiger partial charge on any atom is -0.445 e. The Morgan fingerprint density at radius 3 is 2.46 bits per heavy atom. The SMILES string of the molecule is CCCc1c(C(=O)OCCl)nnn1C1CCN(C(=O)OC(C)(C)C)CC1. The van der Waals surface area contributed by atoms with E-state index in [1.807, 2.05) is 27.7 Å². The Morgan fingerprint density at radius 2 is 1.92 bits per heavy atom. The molecule has 1 aromatic rings. The van der Waals surface area contributed by atoms with Crippen LogP contribution in [0, 0.1) is 0 Å². The van der Waals surface area contributed by atoms with E-state index in [1.165, 1.54) is 0 Å². The molecule has 0 radical (unpaired) electrons. The fraction of sp³-hybridized carbons (Fsp3) is 0.765. The second kappa shape index (κ2) is 8.70. The van der Waals surface area contributed by atoms with Crippen molar-refractivity contribution >= 4 is 23.7 Å². The molecule has 8 nitrogen and oxygen atoms in total. The molecule has 2 rings (SSSR count). The number of ether oxygens (including phenoxy) is 2. The van der Waals surface area contributed by atoms with Crippen LogP contribution in [0.2, 0.25) is 0 Å². The molecule has 2 heterocycles. The van der Waals surface area contributed by atoms with E-state index in [0.717, 1.165) is 25.0 Å². The summed E-state index contributed by atoms with van der Waals surface area (Å²) in [6.45, 7) is 8.74. The van der Waals surface area contributed by atoms with Crippen LogP contribution >= 0.6 is 11.6 Å². The number of aromatic nitrogens is 3. The average Bonchev–Trinajstić information content (AvgIpc) is 2.98. The molecule has 146 valence electrons. The molecule has 1 fully saturated rings. The second-order valence-corrected chi connectivity index (χ2v) is 7.54. The number of hydrogen-bond acceptors (Lipinski definition) is 6. The fourth-order valence-electron chi connectivity index (χ4n) is 2.97. The molecule has 0 atom stereocenters. The number of rotatable bonds is 5. The van der Waals surface area contributed by atoms with Crippen molar-refractivity contribution < 1.29 is 19.1 Å². The van der Waals surface area contributed by atoms with E-state index in [1.54, 1.807) is 9.58 Å². The average molecular weight is 387 g/mol. The first-order chi connectivity index (χ1) is 12.3. The summed E-state index contributed by atoms with van der Waals surface area (Å²) in [5.74, 6) is -0.555. The summed E-state index contributed by atoms with van der Waals surface area (Å²) in [5, 5.41) is 8.18. The lowest BCUT2D eigenvalue weighted by Crippen LogP contribution is -2.42. The Labute approximate surface area is 158 Å². The van der Waals surface area contributed by atoms with Gasteiger partial charge in [0.25, 0.3) is 0 Å². The van der Waals surface area contributed by atoms with Crippen LogP contribution in [0.1, 0.15) is 69.2 Å². The van der Waals surface area contributed by atoms with Crippen LogP contribution in [-0.4, -0.2) is 56.7 Å². The van der Waals surface area contributed by atoms with Gasteiger partial charge in [0.2, 0.25) is 0 Å². The Balaban J connectivity index is 2.07. The number of carbonyl (C=O) groups is 2. The zero-order chi connectivity index (χ0) is 19.3. The van der Waals surface area contributed by atoms with Crippen LogP contribution in [-0.2, 0) is 15.9 Å². The van der Waals surface area contributed by atoms with Gasteiger partial charge >= 0.3 is 12.1 Å². The van der Waals surface area contributed by atoms with Gasteiger partial charge in [0, 0.05) is 13.1 Å². The highest BCUT2D eigenvalue weighted by molar-refractivity contribution is 6.17. The van der Waals surface area contributed by atoms with Crippen molar-refractivity contribution in [2.75, 3.05) is 19.2 Å². The number of amides is 1. The maximum atomic E-state index is 12.2. The van der Waals surface area contributed by atoms with Crippen molar-refractivity contribution in [2.45, 2.75) is 65.0 Å². The largest absolute Gasteiger partial charge is 0.445 e. The third kappa shape index (κ3) is 5.09. The van der Waals surface area contributed by atoms with Gasteiger partial charge < -0.3 is 14.4 Å². The summed E-state index contributed by atoms with van der Waals surface area (Å²) in [7, 11) is 0. The lowest BCUT2D eigenvalue weighted by molar-refractivity contribution is 0.0183. The number of piperidine rings is 1. The van der Waals surface area contributed by atoms with Crippen molar-refractivity contribution in [3.8, 4) is 0 Å². The number of halogens is 1. The van der Waals surface area contributed by atoms with Gasteiger partial charge in [-0.2, -0.15) is 0 Å². The predicted molar refractivity (Wildman–Crippen MR) is 96.2 cm³/mol. The number of alkyl halides is 1. The molecule has 9 heteroatoms. The van der Waals surface area contributed by atoms with Crippen molar-refractivity contribution in [1.29, 1.82) is 0 Å². The van der Waals surface area contributed by atoms with Crippen LogP contribution in [0.15, 0.2) is 0 Å². The molecule has 1 saturated heterocycles. The zero-order valence-corrected chi connectivity index (χ0v) is 16.6. The molecule has 0 aromatic carbocycles. The monoisotopic (exact) mass is 386 g/mol. The summed E-state index contributed by atoms with van der Waals surface area (Å²) < 4.78 is 12.1. The first kappa shape index (κ1) is 20.5. The van der Waals surface area contributed by atoms with E-state index in [4.69, 9.17) is 21.1 Å². The van der Waals surface area contributed by atoms with Crippen LogP contribution in [0.4, 0.5) is 4.79 Å². The number of hydrogen-bond donors (Lipinski definition) is 0. The second-order valence-electron chi connectivity index (χ2n) is 7.32. The zero-order valence-electron chi connectivity index (χ0n) is 15.8. The van der Waals surface area contributed by atoms with Gasteiger partial charge in [0.15, 0.2) is 11.8 Å².